The van der Waals surface area contributed by atoms with Gasteiger partial charge in [0.15, 0.2) is 0 Å². The van der Waals surface area contributed by atoms with E-state index in [1.54, 1.807) is 0 Å². The summed E-state index contributed by atoms with van der Waals surface area (Å²) in [5.41, 5.74) is 2.30. The van der Waals surface area contributed by atoms with Gasteiger partial charge in [-0.15, -0.1) is 0 Å². The van der Waals surface area contributed by atoms with Crippen molar-refractivity contribution in [2.45, 2.75) is 51.0 Å². The van der Waals surface area contributed by atoms with E-state index in [0.717, 1.165) is 18.5 Å². The highest BCUT2D eigenvalue weighted by Gasteiger charge is 2.35. The third-order valence-electron chi connectivity index (χ3n) is 5.14. The molecule has 5 nitrogen and oxygen atoms in total. The van der Waals surface area contributed by atoms with E-state index in [0.29, 0.717) is 26.0 Å². The first kappa shape index (κ1) is 16.8. The zero-order valence-corrected chi connectivity index (χ0v) is 14.3. The first-order chi connectivity index (χ1) is 11.6. The number of rotatable bonds is 6. The van der Waals surface area contributed by atoms with Gasteiger partial charge in [-0.25, -0.2) is 0 Å². The van der Waals surface area contributed by atoms with E-state index >= 15 is 0 Å². The standard InChI is InChI=1S/C19H26N2O3/c1-14-6-2-3-7-16(14)21-19(8-4-5-9-19)13-20-17(22)10-15-11-18(23)24-12-15/h2-3,6-7,15,21H,4-5,8-13H2,1H3,(H,20,22)/t15-/m0/s1. The second kappa shape index (κ2) is 7.24. The van der Waals surface area contributed by atoms with E-state index in [9.17, 15) is 9.59 Å². The molecule has 1 aromatic rings. The molecule has 1 aliphatic heterocycles. The van der Waals surface area contributed by atoms with E-state index in [2.05, 4.69) is 29.7 Å². The smallest absolute Gasteiger partial charge is 0.306 e. The van der Waals surface area contributed by atoms with Crippen LogP contribution in [0.25, 0.3) is 0 Å². The summed E-state index contributed by atoms with van der Waals surface area (Å²) in [6.07, 6.45) is 5.21. The molecule has 130 valence electrons. The van der Waals surface area contributed by atoms with Crippen molar-refractivity contribution in [3.63, 3.8) is 0 Å². The van der Waals surface area contributed by atoms with Gasteiger partial charge in [0, 0.05) is 24.6 Å². The van der Waals surface area contributed by atoms with Crippen LogP contribution in [-0.4, -0.2) is 30.6 Å². The van der Waals surface area contributed by atoms with Crippen LogP contribution in [0.15, 0.2) is 24.3 Å². The molecule has 0 unspecified atom stereocenters. The number of hydrogen-bond donors (Lipinski definition) is 2. The number of carbonyl (C=O) groups excluding carboxylic acids is 2. The Labute approximate surface area is 143 Å². The molecule has 1 aliphatic carbocycles. The van der Waals surface area contributed by atoms with Gasteiger partial charge in [0.25, 0.3) is 0 Å². The maximum absolute atomic E-state index is 12.2. The lowest BCUT2D eigenvalue weighted by Crippen LogP contribution is -2.47. The summed E-state index contributed by atoms with van der Waals surface area (Å²) in [4.78, 5) is 23.3. The highest BCUT2D eigenvalue weighted by Crippen LogP contribution is 2.33. The molecule has 1 atom stereocenters. The molecule has 0 aromatic heterocycles. The number of ether oxygens (including phenoxy) is 1. The Bertz CT molecular complexity index is 608. The van der Waals surface area contributed by atoms with Gasteiger partial charge in [0.2, 0.25) is 5.91 Å². The highest BCUT2D eigenvalue weighted by molar-refractivity contribution is 5.78. The maximum Gasteiger partial charge on any atom is 0.306 e. The minimum Gasteiger partial charge on any atom is -0.465 e. The summed E-state index contributed by atoms with van der Waals surface area (Å²) in [7, 11) is 0. The average Bonchev–Trinajstić information content (AvgIpc) is 3.18. The van der Waals surface area contributed by atoms with Crippen LogP contribution in [0.1, 0.15) is 44.1 Å². The SMILES string of the molecule is Cc1ccccc1NC1(CNC(=O)C[C@@H]2COC(=O)C2)CCCC1. The summed E-state index contributed by atoms with van der Waals surface area (Å²) < 4.78 is 4.93. The van der Waals surface area contributed by atoms with E-state index in [-0.39, 0.29) is 23.3 Å². The Morgan fingerprint density at radius 1 is 1.29 bits per heavy atom. The van der Waals surface area contributed by atoms with Crippen LogP contribution in [0.3, 0.4) is 0 Å². The first-order valence-corrected chi connectivity index (χ1v) is 8.82. The molecule has 1 aromatic carbocycles. The van der Waals surface area contributed by atoms with Crippen molar-refractivity contribution in [2.24, 2.45) is 5.92 Å². The van der Waals surface area contributed by atoms with Gasteiger partial charge in [-0.3, -0.25) is 9.59 Å². The first-order valence-electron chi connectivity index (χ1n) is 8.82. The third kappa shape index (κ3) is 4.08. The lowest BCUT2D eigenvalue weighted by Gasteiger charge is -2.32. The Morgan fingerprint density at radius 2 is 2.04 bits per heavy atom. The van der Waals surface area contributed by atoms with E-state index in [1.165, 1.54) is 18.4 Å². The second-order valence-corrected chi connectivity index (χ2v) is 7.16. The number of hydrogen-bond acceptors (Lipinski definition) is 4. The van der Waals surface area contributed by atoms with Crippen LogP contribution in [0.5, 0.6) is 0 Å². The fourth-order valence-corrected chi connectivity index (χ4v) is 3.69. The maximum atomic E-state index is 12.2. The number of cyclic esters (lactones) is 1. The summed E-state index contributed by atoms with van der Waals surface area (Å²) in [5, 5.41) is 6.76. The minimum atomic E-state index is -0.193. The molecule has 1 saturated heterocycles. The minimum absolute atomic E-state index is 0.0103. The molecular weight excluding hydrogens is 304 g/mol. The fourth-order valence-electron chi connectivity index (χ4n) is 3.69. The van der Waals surface area contributed by atoms with Crippen LogP contribution in [0.2, 0.25) is 0 Å². The zero-order valence-electron chi connectivity index (χ0n) is 14.3. The predicted molar refractivity (Wildman–Crippen MR) is 92.7 cm³/mol. The molecule has 2 aliphatic rings. The quantitative estimate of drug-likeness (QED) is 0.787. The van der Waals surface area contributed by atoms with Crippen molar-refractivity contribution in [1.29, 1.82) is 0 Å². The third-order valence-corrected chi connectivity index (χ3v) is 5.14. The molecule has 0 spiro atoms. The normalized spacial score (nSPS) is 22.2. The van der Waals surface area contributed by atoms with Crippen molar-refractivity contribution in [3.8, 4) is 0 Å². The van der Waals surface area contributed by atoms with Gasteiger partial charge in [-0.2, -0.15) is 0 Å². The van der Waals surface area contributed by atoms with Gasteiger partial charge < -0.3 is 15.4 Å². The van der Waals surface area contributed by atoms with Crippen LogP contribution in [0, 0.1) is 12.8 Å². The molecular formula is C19H26N2O3. The summed E-state index contributed by atoms with van der Waals surface area (Å²) >= 11 is 0. The number of anilines is 1. The van der Waals surface area contributed by atoms with Gasteiger partial charge in [0.1, 0.15) is 0 Å². The lowest BCUT2D eigenvalue weighted by molar-refractivity contribution is -0.138. The molecule has 1 amide bonds. The number of para-hydroxylation sites is 1. The fraction of sp³-hybridized carbons (Fsp3) is 0.579. The van der Waals surface area contributed by atoms with Crippen molar-refractivity contribution >= 4 is 17.6 Å². The monoisotopic (exact) mass is 330 g/mol. The molecule has 1 saturated carbocycles. The predicted octanol–water partition coefficient (Wildman–Crippen LogP) is 2.79. The number of nitrogens with one attached hydrogen (secondary N) is 2. The Kier molecular flexibility index (Phi) is 5.07. The average molecular weight is 330 g/mol. The number of carbonyl (C=O) groups is 2. The van der Waals surface area contributed by atoms with Crippen molar-refractivity contribution in [3.05, 3.63) is 29.8 Å². The lowest BCUT2D eigenvalue weighted by atomic mass is 9.95. The molecule has 0 radical (unpaired) electrons. The van der Waals surface area contributed by atoms with E-state index < -0.39 is 0 Å². The summed E-state index contributed by atoms with van der Waals surface area (Å²) in [5.74, 6) is -0.154. The van der Waals surface area contributed by atoms with Gasteiger partial charge in [-0.05, 0) is 31.4 Å². The molecule has 5 heteroatoms. The summed E-state index contributed by atoms with van der Waals surface area (Å²) in [6, 6.07) is 8.27. The summed E-state index contributed by atoms with van der Waals surface area (Å²) in [6.45, 7) is 3.10. The number of aryl methyl sites for hydroxylation is 1. The Hall–Kier alpha value is -2.04. The molecule has 24 heavy (non-hydrogen) atoms. The van der Waals surface area contributed by atoms with Gasteiger partial charge in [0.05, 0.1) is 18.6 Å². The second-order valence-electron chi connectivity index (χ2n) is 7.16. The molecule has 0 bridgehead atoms. The number of esters is 1. The van der Waals surface area contributed by atoms with Crippen LogP contribution in [0.4, 0.5) is 5.69 Å². The zero-order chi connectivity index (χ0) is 17.0. The molecule has 1 heterocycles. The number of amides is 1. The molecule has 2 fully saturated rings. The van der Waals surface area contributed by atoms with Crippen molar-refractivity contribution < 1.29 is 14.3 Å². The molecule has 2 N–H and O–H groups in total. The van der Waals surface area contributed by atoms with Crippen LogP contribution < -0.4 is 10.6 Å². The van der Waals surface area contributed by atoms with Crippen LogP contribution >= 0.6 is 0 Å². The Morgan fingerprint density at radius 3 is 2.71 bits per heavy atom. The van der Waals surface area contributed by atoms with Gasteiger partial charge in [-0.1, -0.05) is 31.0 Å². The molecule has 3 rings (SSSR count). The van der Waals surface area contributed by atoms with Gasteiger partial charge >= 0.3 is 5.97 Å². The highest BCUT2D eigenvalue weighted by atomic mass is 16.5. The largest absolute Gasteiger partial charge is 0.465 e. The Balaban J connectivity index is 1.56. The van der Waals surface area contributed by atoms with Crippen molar-refractivity contribution in [1.82, 2.24) is 5.32 Å². The van der Waals surface area contributed by atoms with E-state index in [4.69, 9.17) is 4.74 Å². The topological polar surface area (TPSA) is 67.4 Å². The van der Waals surface area contributed by atoms with Crippen molar-refractivity contribution in [2.75, 3.05) is 18.5 Å². The van der Waals surface area contributed by atoms with Crippen LogP contribution in [-0.2, 0) is 14.3 Å². The van der Waals surface area contributed by atoms with E-state index in [1.807, 2.05) is 12.1 Å². The number of benzene rings is 1.